The standard InChI is InChI=1S/C28H27ClFN9/c1-16-19(5-6-23(30)35-16)26(22-13-39(38-37-22)28(14-32)7-8-28)36-18-9-20-24(34-15-27(2,3)4)17(11-31)12-33-25(20)21(29)10-18/h5-6,9-10,12-13,26,36H,7-8,15H2,1-4H3,(H,33,34)/t26-/m0/s1. The Kier molecular flexibility index (Phi) is 6.61. The van der Waals surface area contributed by atoms with Crippen molar-refractivity contribution in [1.82, 2.24) is 25.0 Å². The molecular weight excluding hydrogens is 517 g/mol. The highest BCUT2D eigenvalue weighted by molar-refractivity contribution is 6.35. The smallest absolute Gasteiger partial charge is 0.213 e. The van der Waals surface area contributed by atoms with Crippen molar-refractivity contribution in [1.29, 1.82) is 10.5 Å². The molecule has 1 fully saturated rings. The predicted octanol–water partition coefficient (Wildman–Crippen LogP) is 5.87. The Balaban J connectivity index is 1.61. The first-order valence-electron chi connectivity index (χ1n) is 12.5. The Morgan fingerprint density at radius 1 is 1.23 bits per heavy atom. The average Bonchev–Trinajstić information content (AvgIpc) is 3.53. The number of anilines is 2. The third kappa shape index (κ3) is 5.21. The molecule has 198 valence electrons. The highest BCUT2D eigenvalue weighted by Gasteiger charge is 2.47. The summed E-state index contributed by atoms with van der Waals surface area (Å²) in [5.41, 5.74) is 3.25. The van der Waals surface area contributed by atoms with Crippen molar-refractivity contribution < 1.29 is 4.39 Å². The van der Waals surface area contributed by atoms with Crippen LogP contribution >= 0.6 is 11.6 Å². The molecule has 3 heterocycles. The van der Waals surface area contributed by atoms with Crippen LogP contribution in [0.3, 0.4) is 0 Å². The van der Waals surface area contributed by atoms with Gasteiger partial charge in [0, 0.05) is 35.1 Å². The van der Waals surface area contributed by atoms with Gasteiger partial charge in [0.05, 0.1) is 40.1 Å². The van der Waals surface area contributed by atoms with Crippen molar-refractivity contribution in [3.8, 4) is 12.1 Å². The highest BCUT2D eigenvalue weighted by Crippen LogP contribution is 2.43. The van der Waals surface area contributed by atoms with E-state index in [4.69, 9.17) is 11.6 Å². The third-order valence-electron chi connectivity index (χ3n) is 6.73. The molecule has 9 nitrogen and oxygen atoms in total. The van der Waals surface area contributed by atoms with Crippen molar-refractivity contribution in [2.24, 2.45) is 5.41 Å². The van der Waals surface area contributed by atoms with Gasteiger partial charge < -0.3 is 10.6 Å². The van der Waals surface area contributed by atoms with E-state index < -0.39 is 17.5 Å². The Bertz CT molecular complexity index is 1650. The minimum absolute atomic E-state index is 0.0334. The van der Waals surface area contributed by atoms with Gasteiger partial charge in [-0.15, -0.1) is 5.10 Å². The van der Waals surface area contributed by atoms with Crippen LogP contribution in [0.5, 0.6) is 0 Å². The number of nitrogens with one attached hydrogen (secondary N) is 2. The lowest BCUT2D eigenvalue weighted by Crippen LogP contribution is -2.20. The molecule has 1 aliphatic rings. The number of pyridine rings is 2. The summed E-state index contributed by atoms with van der Waals surface area (Å²) in [4.78, 5) is 8.43. The van der Waals surface area contributed by atoms with Gasteiger partial charge in [0.15, 0.2) is 5.54 Å². The Hall–Kier alpha value is -4.28. The van der Waals surface area contributed by atoms with Gasteiger partial charge in [0.1, 0.15) is 11.8 Å². The monoisotopic (exact) mass is 543 g/mol. The first-order chi connectivity index (χ1) is 18.5. The Morgan fingerprint density at radius 2 is 2.00 bits per heavy atom. The fourth-order valence-electron chi connectivity index (χ4n) is 4.42. The number of halogens is 2. The number of aryl methyl sites for hydroxylation is 1. The molecule has 0 bridgehead atoms. The normalized spacial score (nSPS) is 14.9. The van der Waals surface area contributed by atoms with E-state index in [9.17, 15) is 14.9 Å². The highest BCUT2D eigenvalue weighted by atomic mass is 35.5. The van der Waals surface area contributed by atoms with E-state index in [2.05, 4.69) is 63.8 Å². The summed E-state index contributed by atoms with van der Waals surface area (Å²) in [6.07, 6.45) is 4.68. The molecule has 0 unspecified atom stereocenters. The maximum absolute atomic E-state index is 13.9. The summed E-state index contributed by atoms with van der Waals surface area (Å²) in [6, 6.07) is 10.5. The molecule has 5 rings (SSSR count). The van der Waals surface area contributed by atoms with Gasteiger partial charge in [-0.2, -0.15) is 14.9 Å². The van der Waals surface area contributed by atoms with E-state index in [0.717, 1.165) is 0 Å². The first kappa shape index (κ1) is 26.3. The predicted molar refractivity (Wildman–Crippen MR) is 147 cm³/mol. The van der Waals surface area contributed by atoms with Crippen LogP contribution in [0, 0.1) is 40.9 Å². The zero-order valence-electron chi connectivity index (χ0n) is 22.0. The van der Waals surface area contributed by atoms with Crippen LogP contribution in [0.15, 0.2) is 36.7 Å². The van der Waals surface area contributed by atoms with Gasteiger partial charge in [0.25, 0.3) is 0 Å². The molecule has 2 N–H and O–H groups in total. The second-order valence-electron chi connectivity index (χ2n) is 11.0. The largest absolute Gasteiger partial charge is 0.383 e. The van der Waals surface area contributed by atoms with Gasteiger partial charge in [-0.1, -0.05) is 43.7 Å². The molecule has 1 aromatic carbocycles. The van der Waals surface area contributed by atoms with E-state index in [1.807, 2.05) is 6.07 Å². The SMILES string of the molecule is Cc1nc(F)ccc1[C@H](Nc1cc(Cl)c2ncc(C#N)c(NCC(C)(C)C)c2c1)c1cn(C2(C#N)CC2)nn1. The lowest BCUT2D eigenvalue weighted by Gasteiger charge is -2.23. The molecule has 0 radical (unpaired) electrons. The van der Waals surface area contributed by atoms with Crippen LogP contribution in [0.2, 0.25) is 5.02 Å². The van der Waals surface area contributed by atoms with Gasteiger partial charge in [0.2, 0.25) is 5.95 Å². The quantitative estimate of drug-likeness (QED) is 0.277. The van der Waals surface area contributed by atoms with Crippen molar-refractivity contribution >= 4 is 33.9 Å². The van der Waals surface area contributed by atoms with Crippen LogP contribution in [0.25, 0.3) is 10.9 Å². The van der Waals surface area contributed by atoms with Crippen LogP contribution in [-0.2, 0) is 5.54 Å². The molecule has 4 aromatic rings. The number of hydrogen-bond acceptors (Lipinski definition) is 8. The molecule has 11 heteroatoms. The van der Waals surface area contributed by atoms with Crippen LogP contribution in [0.1, 0.15) is 62.2 Å². The van der Waals surface area contributed by atoms with Gasteiger partial charge in [-0.25, -0.2) is 9.67 Å². The van der Waals surface area contributed by atoms with Crippen molar-refractivity contribution in [2.45, 2.75) is 52.1 Å². The molecule has 0 amide bonds. The van der Waals surface area contributed by atoms with Crippen LogP contribution < -0.4 is 10.6 Å². The number of hydrogen-bond donors (Lipinski definition) is 2. The fourth-order valence-corrected chi connectivity index (χ4v) is 4.69. The summed E-state index contributed by atoms with van der Waals surface area (Å²) in [7, 11) is 0. The molecular formula is C28H27ClFN9. The van der Waals surface area contributed by atoms with Crippen molar-refractivity contribution in [3.05, 3.63) is 70.1 Å². The van der Waals surface area contributed by atoms with Crippen LogP contribution in [0.4, 0.5) is 15.8 Å². The molecule has 1 aliphatic carbocycles. The van der Waals surface area contributed by atoms with E-state index in [1.165, 1.54) is 12.3 Å². The lowest BCUT2D eigenvalue weighted by atomic mass is 9.96. The number of nitrogens with zero attached hydrogens (tertiary/aromatic N) is 7. The van der Waals surface area contributed by atoms with E-state index in [-0.39, 0.29) is 5.41 Å². The molecule has 0 spiro atoms. The number of benzene rings is 1. The molecule has 0 aliphatic heterocycles. The summed E-state index contributed by atoms with van der Waals surface area (Å²) in [5, 5.41) is 36.0. The summed E-state index contributed by atoms with van der Waals surface area (Å²) >= 11 is 6.70. The number of aromatic nitrogens is 5. The topological polar surface area (TPSA) is 128 Å². The summed E-state index contributed by atoms with van der Waals surface area (Å²) < 4.78 is 15.5. The zero-order valence-corrected chi connectivity index (χ0v) is 22.8. The maximum Gasteiger partial charge on any atom is 0.213 e. The molecule has 39 heavy (non-hydrogen) atoms. The van der Waals surface area contributed by atoms with E-state index in [0.29, 0.717) is 69.2 Å². The lowest BCUT2D eigenvalue weighted by molar-refractivity contribution is 0.443. The average molecular weight is 544 g/mol. The summed E-state index contributed by atoms with van der Waals surface area (Å²) in [6.45, 7) is 8.65. The second kappa shape index (κ2) is 9.79. The minimum atomic E-state index is -0.675. The fraction of sp³-hybridized carbons (Fsp3) is 0.357. The summed E-state index contributed by atoms with van der Waals surface area (Å²) in [5.74, 6) is -0.585. The van der Waals surface area contributed by atoms with Gasteiger partial charge in [-0.3, -0.25) is 4.98 Å². The van der Waals surface area contributed by atoms with Crippen LogP contribution in [-0.4, -0.2) is 31.5 Å². The van der Waals surface area contributed by atoms with E-state index >= 15 is 0 Å². The van der Waals surface area contributed by atoms with Gasteiger partial charge >= 0.3 is 0 Å². The second-order valence-corrected chi connectivity index (χ2v) is 11.5. The molecule has 1 saturated carbocycles. The van der Waals surface area contributed by atoms with Crippen molar-refractivity contribution in [3.63, 3.8) is 0 Å². The number of nitriles is 2. The molecule has 3 aromatic heterocycles. The van der Waals surface area contributed by atoms with E-state index in [1.54, 1.807) is 29.9 Å². The zero-order chi connectivity index (χ0) is 27.9. The first-order valence-corrected chi connectivity index (χ1v) is 12.9. The Labute approximate surface area is 230 Å². The maximum atomic E-state index is 13.9. The number of rotatable bonds is 7. The third-order valence-corrected chi connectivity index (χ3v) is 7.02. The van der Waals surface area contributed by atoms with Gasteiger partial charge in [-0.05, 0) is 43.4 Å². The molecule has 1 atom stereocenters. The Morgan fingerprint density at radius 3 is 2.64 bits per heavy atom. The molecule has 0 saturated heterocycles. The minimum Gasteiger partial charge on any atom is -0.383 e. The number of fused-ring (bicyclic) bond motifs is 1. The van der Waals surface area contributed by atoms with Crippen molar-refractivity contribution in [2.75, 3.05) is 17.2 Å².